The van der Waals surface area contributed by atoms with Crippen LogP contribution in [0.1, 0.15) is 26.7 Å². The molecule has 1 atom stereocenters. The van der Waals surface area contributed by atoms with E-state index in [2.05, 4.69) is 11.5 Å². The zero-order chi connectivity index (χ0) is 19.4. The summed E-state index contributed by atoms with van der Waals surface area (Å²) >= 11 is 0. The highest BCUT2D eigenvalue weighted by Gasteiger charge is 2.14. The smallest absolute Gasteiger partial charge is 0.336 e. The van der Waals surface area contributed by atoms with Crippen molar-refractivity contribution in [2.75, 3.05) is 6.61 Å². The topological polar surface area (TPSA) is 82.0 Å². The van der Waals surface area contributed by atoms with Gasteiger partial charge in [-0.25, -0.2) is 9.68 Å². The minimum atomic E-state index is -0.445. The van der Waals surface area contributed by atoms with Crippen molar-refractivity contribution in [3.8, 4) is 5.75 Å². The molecule has 0 saturated heterocycles. The molecule has 0 fully saturated rings. The van der Waals surface area contributed by atoms with Gasteiger partial charge in [-0.15, -0.1) is 0 Å². The van der Waals surface area contributed by atoms with Gasteiger partial charge in [-0.3, -0.25) is 5.26 Å². The third kappa shape index (κ3) is 4.30. The third-order valence-electron chi connectivity index (χ3n) is 4.42. The normalized spacial score (nSPS) is 13.2. The van der Waals surface area contributed by atoms with E-state index < -0.39 is 5.63 Å². The average Bonchev–Trinajstić information content (AvgIpc) is 3.10. The molecule has 0 aliphatic heterocycles. The fourth-order valence-corrected chi connectivity index (χ4v) is 2.85. The van der Waals surface area contributed by atoms with Crippen molar-refractivity contribution in [3.63, 3.8) is 0 Å². The maximum absolute atomic E-state index is 11.6. The van der Waals surface area contributed by atoms with Crippen molar-refractivity contribution in [2.45, 2.75) is 32.8 Å². The first-order valence-corrected chi connectivity index (χ1v) is 8.67. The summed E-state index contributed by atoms with van der Waals surface area (Å²) in [4.78, 5) is 16.0. The first-order chi connectivity index (χ1) is 13.0. The van der Waals surface area contributed by atoms with E-state index in [1.807, 2.05) is 32.1 Å². The summed E-state index contributed by atoms with van der Waals surface area (Å²) in [6, 6.07) is 6.80. The maximum Gasteiger partial charge on any atom is 0.336 e. The van der Waals surface area contributed by atoms with E-state index in [0.717, 1.165) is 28.3 Å². The summed E-state index contributed by atoms with van der Waals surface area (Å²) in [6.45, 7) is 7.86. The number of furan rings is 1. The predicted molar refractivity (Wildman–Crippen MR) is 103 cm³/mol. The van der Waals surface area contributed by atoms with Crippen LogP contribution in [0.5, 0.6) is 5.75 Å². The molecule has 27 heavy (non-hydrogen) atoms. The van der Waals surface area contributed by atoms with Gasteiger partial charge < -0.3 is 13.6 Å². The number of allylic oxidation sites excluding steroid dienone is 1. The number of hydrogen-bond donors (Lipinski definition) is 1. The monoisotopic (exact) mass is 370 g/mol. The molecule has 0 aliphatic carbocycles. The Balaban J connectivity index is 1.77. The first-order valence-electron chi connectivity index (χ1n) is 8.67. The second kappa shape index (κ2) is 8.24. The van der Waals surface area contributed by atoms with Crippen molar-refractivity contribution >= 4 is 21.9 Å². The Morgan fingerprint density at radius 3 is 2.78 bits per heavy atom. The first kappa shape index (κ1) is 18.9. The molecule has 0 spiro atoms. The molecule has 0 radical (unpaired) electrons. The van der Waals surface area contributed by atoms with Crippen molar-refractivity contribution in [1.29, 1.82) is 0 Å². The van der Waals surface area contributed by atoms with Gasteiger partial charge in [0.2, 0.25) is 5.75 Å². The highest BCUT2D eigenvalue weighted by Crippen LogP contribution is 2.35. The molecule has 2 aromatic heterocycles. The Labute approximate surface area is 156 Å². The van der Waals surface area contributed by atoms with E-state index >= 15 is 0 Å². The third-order valence-corrected chi connectivity index (χ3v) is 4.42. The largest absolute Gasteiger partial charge is 0.482 e. The number of fused-ring (bicyclic) bond motifs is 2. The van der Waals surface area contributed by atoms with Crippen molar-refractivity contribution in [3.05, 3.63) is 64.7 Å². The number of rotatable bonds is 8. The molecule has 3 rings (SSSR count). The average molecular weight is 370 g/mol. The Kier molecular flexibility index (Phi) is 5.78. The minimum Gasteiger partial charge on any atom is -0.482 e. The van der Waals surface area contributed by atoms with Gasteiger partial charge in [0.15, 0.2) is 11.2 Å². The van der Waals surface area contributed by atoms with E-state index in [1.165, 1.54) is 6.07 Å². The summed E-state index contributed by atoms with van der Waals surface area (Å²) in [6.07, 6.45) is 4.47. The molecule has 0 unspecified atom stereocenters. The Hall–Kier alpha value is -2.83. The van der Waals surface area contributed by atoms with Gasteiger partial charge in [0, 0.05) is 16.8 Å². The lowest BCUT2D eigenvalue weighted by Crippen LogP contribution is -2.11. The van der Waals surface area contributed by atoms with Crippen molar-refractivity contribution < 1.29 is 23.7 Å². The van der Waals surface area contributed by atoms with E-state index in [0.29, 0.717) is 23.3 Å². The molecular weight excluding hydrogens is 348 g/mol. The molecule has 6 heteroatoms. The van der Waals surface area contributed by atoms with Crippen molar-refractivity contribution in [2.24, 2.45) is 0 Å². The lowest BCUT2D eigenvalue weighted by Gasteiger charge is -2.13. The van der Waals surface area contributed by atoms with Gasteiger partial charge in [-0.05, 0) is 56.5 Å². The summed E-state index contributed by atoms with van der Waals surface area (Å²) in [5.41, 5.74) is 2.31. The summed E-state index contributed by atoms with van der Waals surface area (Å²) in [5, 5.41) is 10.5. The van der Waals surface area contributed by atoms with Crippen LogP contribution in [-0.2, 0) is 4.89 Å². The molecule has 1 N–H and O–H groups in total. The van der Waals surface area contributed by atoms with E-state index in [4.69, 9.17) is 18.8 Å². The van der Waals surface area contributed by atoms with Gasteiger partial charge in [-0.2, -0.15) is 0 Å². The van der Waals surface area contributed by atoms with Crippen LogP contribution in [-0.4, -0.2) is 18.0 Å². The molecule has 2 heterocycles. The van der Waals surface area contributed by atoms with Crippen LogP contribution in [0.2, 0.25) is 0 Å². The van der Waals surface area contributed by atoms with Crippen LogP contribution in [0, 0.1) is 0 Å². The molecule has 6 nitrogen and oxygen atoms in total. The van der Waals surface area contributed by atoms with Gasteiger partial charge in [0.1, 0.15) is 12.7 Å². The fraction of sp³-hybridized carbons (Fsp3) is 0.286. The van der Waals surface area contributed by atoms with Gasteiger partial charge in [0.25, 0.3) is 0 Å². The van der Waals surface area contributed by atoms with Crippen LogP contribution in [0.25, 0.3) is 21.9 Å². The van der Waals surface area contributed by atoms with Gasteiger partial charge >= 0.3 is 5.63 Å². The van der Waals surface area contributed by atoms with Crippen LogP contribution in [0.4, 0.5) is 0 Å². The summed E-state index contributed by atoms with van der Waals surface area (Å²) in [5.74, 6) is 0.410. The molecule has 1 aromatic carbocycles. The van der Waals surface area contributed by atoms with Crippen molar-refractivity contribution in [1.82, 2.24) is 0 Å². The van der Waals surface area contributed by atoms with Crippen LogP contribution in [0.15, 0.2) is 68.0 Å². The Bertz CT molecular complexity index is 1040. The quantitative estimate of drug-likeness (QED) is 0.258. The predicted octanol–water partition coefficient (Wildman–Crippen LogP) is 5.08. The highest BCUT2D eigenvalue weighted by molar-refractivity contribution is 5.99. The van der Waals surface area contributed by atoms with Crippen LogP contribution < -0.4 is 10.4 Å². The number of benzene rings is 1. The van der Waals surface area contributed by atoms with Crippen LogP contribution in [0.3, 0.4) is 0 Å². The van der Waals surface area contributed by atoms with Gasteiger partial charge in [-0.1, -0.05) is 12.2 Å². The van der Waals surface area contributed by atoms with E-state index in [9.17, 15) is 4.79 Å². The lowest BCUT2D eigenvalue weighted by atomic mass is 10.0. The fourth-order valence-electron chi connectivity index (χ4n) is 2.85. The molecule has 3 aromatic rings. The molecule has 142 valence electrons. The molecule has 0 bridgehead atoms. The summed E-state index contributed by atoms with van der Waals surface area (Å²) < 4.78 is 16.7. The zero-order valence-corrected chi connectivity index (χ0v) is 15.4. The zero-order valence-electron chi connectivity index (χ0n) is 15.4. The van der Waals surface area contributed by atoms with Gasteiger partial charge in [0.05, 0.1) is 6.26 Å². The second-order valence-electron chi connectivity index (χ2n) is 6.56. The van der Waals surface area contributed by atoms with Crippen LogP contribution >= 0.6 is 0 Å². The standard InChI is InChI=1S/C21H22O6/c1-13(2)17(27-23)6-4-14(3)8-10-25-21-19-16(9-11-24-19)12-15-5-7-18(22)26-20(15)21/h5,7-9,11-12,17,23H,1,4,6,10H2,2-3H3/b14-8+/t17-/m0/s1. The molecule has 0 saturated carbocycles. The molecular formula is C21H22O6. The van der Waals surface area contributed by atoms with E-state index in [-0.39, 0.29) is 12.7 Å². The SMILES string of the molecule is C=C(C)[C@H](CC/C(C)=C/COc1c2occc2cc2ccc(=O)oc12)OO. The van der Waals surface area contributed by atoms with E-state index in [1.54, 1.807) is 12.3 Å². The highest BCUT2D eigenvalue weighted by atomic mass is 17.1. The number of hydrogen-bond acceptors (Lipinski definition) is 6. The second-order valence-corrected chi connectivity index (χ2v) is 6.56. The lowest BCUT2D eigenvalue weighted by molar-refractivity contribution is -0.269. The number of ether oxygens (including phenoxy) is 1. The Morgan fingerprint density at radius 2 is 2.04 bits per heavy atom. The molecule has 0 aliphatic rings. The molecule has 0 amide bonds. The Morgan fingerprint density at radius 1 is 1.26 bits per heavy atom. The minimum absolute atomic E-state index is 0.289. The maximum atomic E-state index is 11.6. The summed E-state index contributed by atoms with van der Waals surface area (Å²) in [7, 11) is 0.